The van der Waals surface area contributed by atoms with Crippen LogP contribution in [0, 0.1) is 6.92 Å². The van der Waals surface area contributed by atoms with Crippen molar-refractivity contribution in [3.63, 3.8) is 0 Å². The van der Waals surface area contributed by atoms with Crippen LogP contribution in [0.1, 0.15) is 30.5 Å². The van der Waals surface area contributed by atoms with Gasteiger partial charge in [-0.05, 0) is 61.9 Å². The molecule has 7 nitrogen and oxygen atoms in total. The van der Waals surface area contributed by atoms with Crippen LogP contribution in [0.3, 0.4) is 0 Å². The number of hydrogen-bond donors (Lipinski definition) is 0. The molecule has 2 amide bonds. The summed E-state index contributed by atoms with van der Waals surface area (Å²) in [4.78, 5) is 37.9. The number of benzene rings is 2. The first-order chi connectivity index (χ1) is 15.3. The van der Waals surface area contributed by atoms with Crippen LogP contribution < -0.4 is 9.47 Å². The van der Waals surface area contributed by atoms with Crippen LogP contribution in [0.15, 0.2) is 47.4 Å². The summed E-state index contributed by atoms with van der Waals surface area (Å²) in [7, 11) is 1.21. The number of methoxy groups -OCH3 is 1. The Hall–Kier alpha value is -3.26. The normalized spacial score (nSPS) is 15.8. The van der Waals surface area contributed by atoms with Crippen molar-refractivity contribution in [1.29, 1.82) is 0 Å². The maximum Gasteiger partial charge on any atom is 0.328 e. The molecule has 1 heterocycles. The van der Waals surface area contributed by atoms with Gasteiger partial charge in [0.05, 0.1) is 18.6 Å². The molecule has 0 aliphatic carbocycles. The number of carbonyl (C=O) groups is 3. The fraction of sp³-hybridized carbons (Fsp3) is 0.292. The number of ether oxygens (including phenoxy) is 3. The van der Waals surface area contributed by atoms with Crippen molar-refractivity contribution >= 4 is 35.0 Å². The maximum atomic E-state index is 12.7. The maximum absolute atomic E-state index is 12.7. The van der Waals surface area contributed by atoms with Gasteiger partial charge in [0, 0.05) is 0 Å². The summed E-state index contributed by atoms with van der Waals surface area (Å²) in [5, 5.41) is -0.512. The van der Waals surface area contributed by atoms with Crippen molar-refractivity contribution in [3.05, 3.63) is 64.1 Å². The Kier molecular flexibility index (Phi) is 7.58. The van der Waals surface area contributed by atoms with Gasteiger partial charge in [-0.15, -0.1) is 0 Å². The predicted molar refractivity (Wildman–Crippen MR) is 122 cm³/mol. The second kappa shape index (κ2) is 10.4. The van der Waals surface area contributed by atoms with Gasteiger partial charge in [0.2, 0.25) is 0 Å². The number of nitrogens with zero attached hydrogens (tertiary/aromatic N) is 1. The van der Waals surface area contributed by atoms with Gasteiger partial charge in [0.15, 0.2) is 11.5 Å². The lowest BCUT2D eigenvalue weighted by atomic mass is 10.1. The number of amides is 2. The van der Waals surface area contributed by atoms with E-state index in [-0.39, 0.29) is 4.91 Å². The molecule has 1 aliphatic heterocycles. The summed E-state index contributed by atoms with van der Waals surface area (Å²) in [5.41, 5.74) is 2.87. The van der Waals surface area contributed by atoms with Crippen LogP contribution >= 0.6 is 11.8 Å². The van der Waals surface area contributed by atoms with Crippen molar-refractivity contribution in [3.8, 4) is 11.5 Å². The van der Waals surface area contributed by atoms with E-state index in [0.717, 1.165) is 27.8 Å². The third-order valence-corrected chi connectivity index (χ3v) is 5.68. The second-order valence-electron chi connectivity index (χ2n) is 7.17. The molecule has 0 spiro atoms. The predicted octanol–water partition coefficient (Wildman–Crippen LogP) is 4.57. The number of rotatable bonds is 8. The summed E-state index contributed by atoms with van der Waals surface area (Å²) in [6.07, 6.45) is 1.60. The Bertz CT molecular complexity index is 1060. The van der Waals surface area contributed by atoms with Crippen LogP contribution in [0.2, 0.25) is 0 Å². The highest BCUT2D eigenvalue weighted by Gasteiger charge is 2.41. The molecule has 0 saturated carbocycles. The first kappa shape index (κ1) is 23.4. The van der Waals surface area contributed by atoms with Crippen molar-refractivity contribution in [2.75, 3.05) is 13.7 Å². The van der Waals surface area contributed by atoms with E-state index in [0.29, 0.717) is 30.3 Å². The highest BCUT2D eigenvalue weighted by Crippen LogP contribution is 2.36. The minimum atomic E-state index is -0.991. The molecule has 8 heteroatoms. The number of imide groups is 1. The molecule has 1 fully saturated rings. The van der Waals surface area contributed by atoms with Crippen LogP contribution in [-0.4, -0.2) is 41.8 Å². The lowest BCUT2D eigenvalue weighted by Gasteiger charge is -2.18. The van der Waals surface area contributed by atoms with Crippen molar-refractivity contribution < 1.29 is 28.6 Å². The fourth-order valence-electron chi connectivity index (χ4n) is 3.21. The highest BCUT2D eigenvalue weighted by molar-refractivity contribution is 8.18. The van der Waals surface area contributed by atoms with Gasteiger partial charge in [-0.3, -0.25) is 14.5 Å². The number of hydrogen-bond acceptors (Lipinski definition) is 7. The average Bonchev–Trinajstić information content (AvgIpc) is 3.05. The molecular weight excluding hydrogens is 430 g/mol. The Labute approximate surface area is 191 Å². The van der Waals surface area contributed by atoms with Gasteiger partial charge in [0.1, 0.15) is 12.6 Å². The number of thioether (sulfide) groups is 1. The Morgan fingerprint density at radius 3 is 2.59 bits per heavy atom. The minimum absolute atomic E-state index is 0.224. The molecule has 1 atom stereocenters. The van der Waals surface area contributed by atoms with E-state index in [9.17, 15) is 14.4 Å². The molecule has 0 N–H and O–H groups in total. The summed E-state index contributed by atoms with van der Waals surface area (Å²) in [6.45, 7) is 6.19. The molecule has 32 heavy (non-hydrogen) atoms. The molecule has 1 aliphatic rings. The van der Waals surface area contributed by atoms with Crippen LogP contribution in [-0.2, 0) is 20.9 Å². The van der Waals surface area contributed by atoms with E-state index in [1.807, 2.05) is 32.0 Å². The van der Waals surface area contributed by atoms with Gasteiger partial charge < -0.3 is 14.2 Å². The molecule has 168 valence electrons. The van der Waals surface area contributed by atoms with Gasteiger partial charge in [0.25, 0.3) is 11.1 Å². The SMILES string of the molecule is CCOc1cc(/C=C2/SC(=O)N([C@H](C)C(=O)OC)C2=O)ccc1OCc1cccc(C)c1. The van der Waals surface area contributed by atoms with Gasteiger partial charge in [-0.25, -0.2) is 4.79 Å². The second-order valence-corrected chi connectivity index (χ2v) is 8.16. The molecule has 0 radical (unpaired) electrons. The zero-order chi connectivity index (χ0) is 23.3. The average molecular weight is 456 g/mol. The van der Waals surface area contributed by atoms with E-state index in [1.165, 1.54) is 14.0 Å². The van der Waals surface area contributed by atoms with Crippen molar-refractivity contribution in [2.45, 2.75) is 33.4 Å². The third kappa shape index (κ3) is 5.31. The van der Waals surface area contributed by atoms with Crippen LogP contribution in [0.5, 0.6) is 11.5 Å². The van der Waals surface area contributed by atoms with E-state index < -0.39 is 23.2 Å². The summed E-state index contributed by atoms with van der Waals surface area (Å²) in [5.74, 6) is -0.0630. The van der Waals surface area contributed by atoms with E-state index in [4.69, 9.17) is 9.47 Å². The third-order valence-electron chi connectivity index (χ3n) is 4.80. The zero-order valence-corrected chi connectivity index (χ0v) is 19.2. The zero-order valence-electron chi connectivity index (χ0n) is 18.4. The highest BCUT2D eigenvalue weighted by atomic mass is 32.2. The molecule has 3 rings (SSSR count). The van der Waals surface area contributed by atoms with Crippen LogP contribution in [0.25, 0.3) is 6.08 Å². The Morgan fingerprint density at radius 2 is 1.91 bits per heavy atom. The van der Waals surface area contributed by atoms with Crippen molar-refractivity contribution in [2.24, 2.45) is 0 Å². The molecule has 2 aromatic carbocycles. The van der Waals surface area contributed by atoms with Gasteiger partial charge in [-0.1, -0.05) is 35.9 Å². The first-order valence-electron chi connectivity index (χ1n) is 10.1. The summed E-state index contributed by atoms with van der Waals surface area (Å²) in [6, 6.07) is 12.4. The molecule has 0 bridgehead atoms. The first-order valence-corrected chi connectivity index (χ1v) is 11.0. The molecule has 1 saturated heterocycles. The van der Waals surface area contributed by atoms with Crippen molar-refractivity contribution in [1.82, 2.24) is 4.90 Å². The lowest BCUT2D eigenvalue weighted by Crippen LogP contribution is -2.42. The van der Waals surface area contributed by atoms with Gasteiger partial charge in [-0.2, -0.15) is 0 Å². The fourth-order valence-corrected chi connectivity index (χ4v) is 4.11. The summed E-state index contributed by atoms with van der Waals surface area (Å²) >= 11 is 0.784. The Morgan fingerprint density at radius 1 is 1.12 bits per heavy atom. The topological polar surface area (TPSA) is 82.1 Å². The van der Waals surface area contributed by atoms with E-state index in [2.05, 4.69) is 10.8 Å². The largest absolute Gasteiger partial charge is 0.490 e. The molecule has 2 aromatic rings. The standard InChI is InChI=1S/C24H25NO6S/c1-5-30-20-12-17(9-10-19(20)31-14-18-8-6-7-15(2)11-18)13-21-22(26)25(24(28)32-21)16(3)23(27)29-4/h6-13,16H,5,14H2,1-4H3/b21-13+/t16-/m1/s1. The number of carbonyl (C=O) groups excluding carboxylic acids is 3. The minimum Gasteiger partial charge on any atom is -0.490 e. The van der Waals surface area contributed by atoms with Gasteiger partial charge >= 0.3 is 5.97 Å². The van der Waals surface area contributed by atoms with E-state index in [1.54, 1.807) is 24.3 Å². The Balaban J connectivity index is 1.80. The quantitative estimate of drug-likeness (QED) is 0.426. The lowest BCUT2D eigenvalue weighted by molar-refractivity contribution is -0.148. The molecule has 0 unspecified atom stereocenters. The number of esters is 1. The monoisotopic (exact) mass is 455 g/mol. The molecular formula is C24H25NO6S. The van der Waals surface area contributed by atoms with E-state index >= 15 is 0 Å². The summed E-state index contributed by atoms with van der Waals surface area (Å²) < 4.78 is 16.3. The number of aryl methyl sites for hydroxylation is 1. The smallest absolute Gasteiger partial charge is 0.328 e. The molecule has 0 aromatic heterocycles. The van der Waals surface area contributed by atoms with Crippen LogP contribution in [0.4, 0.5) is 4.79 Å².